The van der Waals surface area contributed by atoms with Crippen molar-refractivity contribution in [1.82, 2.24) is 9.78 Å². The van der Waals surface area contributed by atoms with Crippen LogP contribution in [0.1, 0.15) is 56.1 Å². The van der Waals surface area contributed by atoms with Crippen LogP contribution in [0.15, 0.2) is 6.20 Å². The van der Waals surface area contributed by atoms with Gasteiger partial charge in [0, 0.05) is 12.0 Å². The topological polar surface area (TPSA) is 70.1 Å². The van der Waals surface area contributed by atoms with E-state index in [0.29, 0.717) is 17.4 Å². The third kappa shape index (κ3) is 2.87. The monoisotopic (exact) mass is 279 g/mol. The van der Waals surface area contributed by atoms with E-state index < -0.39 is 0 Å². The first-order valence-corrected chi connectivity index (χ1v) is 7.44. The number of aromatic nitrogens is 2. The lowest BCUT2D eigenvalue weighted by molar-refractivity contribution is 0.0857. The van der Waals surface area contributed by atoms with Gasteiger partial charge in [-0.25, -0.2) is 0 Å². The van der Waals surface area contributed by atoms with Gasteiger partial charge in [0.15, 0.2) is 11.5 Å². The van der Waals surface area contributed by atoms with Crippen LogP contribution in [0, 0.1) is 11.8 Å². The summed E-state index contributed by atoms with van der Waals surface area (Å²) >= 11 is 0. The first-order chi connectivity index (χ1) is 9.58. The lowest BCUT2D eigenvalue weighted by Gasteiger charge is -2.27. The van der Waals surface area contributed by atoms with Gasteiger partial charge in [-0.15, -0.1) is 0 Å². The van der Waals surface area contributed by atoms with Gasteiger partial charge in [-0.1, -0.05) is 0 Å². The molecule has 5 nitrogen and oxygen atoms in total. The second-order valence-corrected chi connectivity index (χ2v) is 5.92. The zero-order valence-corrected chi connectivity index (χ0v) is 12.6. The van der Waals surface area contributed by atoms with E-state index in [0.717, 1.165) is 32.2 Å². The zero-order chi connectivity index (χ0) is 14.7. The Kier molecular flexibility index (Phi) is 4.81. The van der Waals surface area contributed by atoms with E-state index in [-0.39, 0.29) is 17.7 Å². The van der Waals surface area contributed by atoms with Crippen molar-refractivity contribution in [3.63, 3.8) is 0 Å². The maximum absolute atomic E-state index is 12.8. The predicted molar refractivity (Wildman–Crippen MR) is 78.0 cm³/mol. The van der Waals surface area contributed by atoms with Gasteiger partial charge in [0.25, 0.3) is 0 Å². The Labute approximate surface area is 120 Å². The smallest absolute Gasteiger partial charge is 0.187 e. The minimum absolute atomic E-state index is 0.0842. The summed E-state index contributed by atoms with van der Waals surface area (Å²) in [5, 5.41) is 4.28. The molecule has 0 amide bonds. The van der Waals surface area contributed by atoms with Crippen molar-refractivity contribution in [3.05, 3.63) is 11.9 Å². The molecule has 0 unspecified atom stereocenters. The third-order valence-electron chi connectivity index (χ3n) is 4.26. The fraction of sp³-hybridized carbons (Fsp3) is 0.733. The number of carbonyl (C=O) groups is 1. The van der Waals surface area contributed by atoms with Gasteiger partial charge in [-0.05, 0) is 52.0 Å². The fourth-order valence-corrected chi connectivity index (χ4v) is 2.98. The molecule has 1 saturated carbocycles. The van der Waals surface area contributed by atoms with Crippen LogP contribution in [0.2, 0.25) is 0 Å². The molecule has 1 aliphatic carbocycles. The number of methoxy groups -OCH3 is 1. The van der Waals surface area contributed by atoms with Crippen LogP contribution in [0.25, 0.3) is 0 Å². The Morgan fingerprint density at radius 3 is 2.60 bits per heavy atom. The van der Waals surface area contributed by atoms with Gasteiger partial charge >= 0.3 is 0 Å². The summed E-state index contributed by atoms with van der Waals surface area (Å²) in [6, 6.07) is 0.151. The molecule has 0 bridgehead atoms. The Balaban J connectivity index is 2.19. The van der Waals surface area contributed by atoms with Gasteiger partial charge in [-0.2, -0.15) is 5.10 Å². The van der Waals surface area contributed by atoms with Gasteiger partial charge in [-0.3, -0.25) is 9.48 Å². The van der Waals surface area contributed by atoms with Gasteiger partial charge in [0.1, 0.15) is 5.69 Å². The molecule has 1 aromatic rings. The van der Waals surface area contributed by atoms with Crippen molar-refractivity contribution in [2.45, 2.75) is 45.6 Å². The number of nitrogens with two attached hydrogens (primary N) is 1. The highest BCUT2D eigenvalue weighted by molar-refractivity contribution is 5.98. The van der Waals surface area contributed by atoms with Crippen LogP contribution >= 0.6 is 0 Å². The molecule has 20 heavy (non-hydrogen) atoms. The maximum Gasteiger partial charge on any atom is 0.187 e. The van der Waals surface area contributed by atoms with E-state index in [4.69, 9.17) is 10.5 Å². The van der Waals surface area contributed by atoms with E-state index in [1.807, 2.05) is 13.8 Å². The first kappa shape index (κ1) is 15.0. The van der Waals surface area contributed by atoms with Crippen LogP contribution in [0.5, 0.6) is 5.75 Å². The number of ether oxygens (including phenoxy) is 1. The van der Waals surface area contributed by atoms with Crippen LogP contribution in [0.3, 0.4) is 0 Å². The molecule has 1 fully saturated rings. The average molecular weight is 279 g/mol. The van der Waals surface area contributed by atoms with Crippen LogP contribution < -0.4 is 10.5 Å². The molecular weight excluding hydrogens is 254 g/mol. The highest BCUT2D eigenvalue weighted by Crippen LogP contribution is 2.33. The SMILES string of the molecule is COc1cnn(C(C)C)c1C(=O)C1CCC(CN)CC1. The molecule has 0 aromatic carbocycles. The van der Waals surface area contributed by atoms with E-state index in [9.17, 15) is 4.79 Å². The van der Waals surface area contributed by atoms with Crippen molar-refractivity contribution in [3.8, 4) is 5.75 Å². The molecule has 0 spiro atoms. The highest BCUT2D eigenvalue weighted by Gasteiger charge is 2.31. The van der Waals surface area contributed by atoms with E-state index >= 15 is 0 Å². The van der Waals surface area contributed by atoms with E-state index in [2.05, 4.69) is 5.10 Å². The van der Waals surface area contributed by atoms with Crippen molar-refractivity contribution in [2.75, 3.05) is 13.7 Å². The molecule has 0 radical (unpaired) electrons. The summed E-state index contributed by atoms with van der Waals surface area (Å²) in [7, 11) is 1.59. The molecule has 2 N–H and O–H groups in total. The molecule has 0 aliphatic heterocycles. The number of ketones is 1. The van der Waals surface area contributed by atoms with Crippen LogP contribution in [0.4, 0.5) is 0 Å². The summed E-state index contributed by atoms with van der Waals surface area (Å²) in [6.07, 6.45) is 5.58. The summed E-state index contributed by atoms with van der Waals surface area (Å²) in [4.78, 5) is 12.8. The fourth-order valence-electron chi connectivity index (χ4n) is 2.98. The van der Waals surface area contributed by atoms with Crippen LogP contribution in [-0.2, 0) is 0 Å². The summed E-state index contributed by atoms with van der Waals surface area (Å²) in [5.41, 5.74) is 6.33. The second-order valence-electron chi connectivity index (χ2n) is 5.92. The number of rotatable bonds is 5. The van der Waals surface area contributed by atoms with Crippen LogP contribution in [-0.4, -0.2) is 29.2 Å². The Morgan fingerprint density at radius 1 is 1.45 bits per heavy atom. The number of Topliss-reactive ketones (excluding diaryl/α,β-unsaturated/α-hetero) is 1. The van der Waals surface area contributed by atoms with Crippen molar-refractivity contribution in [2.24, 2.45) is 17.6 Å². The van der Waals surface area contributed by atoms with Gasteiger partial charge in [0.05, 0.1) is 13.3 Å². The van der Waals surface area contributed by atoms with Gasteiger partial charge < -0.3 is 10.5 Å². The van der Waals surface area contributed by atoms with Crippen molar-refractivity contribution in [1.29, 1.82) is 0 Å². The molecule has 2 rings (SSSR count). The standard InChI is InChI=1S/C15H25N3O2/c1-10(2)18-14(13(20-3)9-17-18)15(19)12-6-4-11(8-16)5-7-12/h9-12H,4-8,16H2,1-3H3. The molecular formula is C15H25N3O2. The summed E-state index contributed by atoms with van der Waals surface area (Å²) in [5.74, 6) is 1.42. The Bertz CT molecular complexity index is 460. The molecule has 1 aromatic heterocycles. The lowest BCUT2D eigenvalue weighted by atomic mass is 9.79. The summed E-state index contributed by atoms with van der Waals surface area (Å²) in [6.45, 7) is 4.78. The van der Waals surface area contributed by atoms with E-state index in [1.54, 1.807) is 18.0 Å². The average Bonchev–Trinajstić information content (AvgIpc) is 2.90. The molecule has 0 saturated heterocycles. The molecule has 1 aliphatic rings. The number of carbonyl (C=O) groups excluding carboxylic acids is 1. The molecule has 0 atom stereocenters. The Morgan fingerprint density at radius 2 is 2.10 bits per heavy atom. The minimum atomic E-state index is 0.0842. The normalized spacial score (nSPS) is 23.1. The molecule has 112 valence electrons. The van der Waals surface area contributed by atoms with Crippen molar-refractivity contribution < 1.29 is 9.53 Å². The third-order valence-corrected chi connectivity index (χ3v) is 4.26. The minimum Gasteiger partial charge on any atom is -0.493 e. The first-order valence-electron chi connectivity index (χ1n) is 7.44. The number of hydrogen-bond acceptors (Lipinski definition) is 4. The highest BCUT2D eigenvalue weighted by atomic mass is 16.5. The maximum atomic E-state index is 12.8. The quantitative estimate of drug-likeness (QED) is 0.840. The molecule has 5 heteroatoms. The predicted octanol–water partition coefficient (Wildman–Crippen LogP) is 2.42. The zero-order valence-electron chi connectivity index (χ0n) is 12.6. The second kappa shape index (κ2) is 6.39. The number of nitrogens with zero attached hydrogens (tertiary/aromatic N) is 2. The lowest BCUT2D eigenvalue weighted by Crippen LogP contribution is -2.27. The molecule has 1 heterocycles. The Hall–Kier alpha value is -1.36. The van der Waals surface area contributed by atoms with Crippen molar-refractivity contribution >= 4 is 5.78 Å². The van der Waals surface area contributed by atoms with Gasteiger partial charge in [0.2, 0.25) is 0 Å². The number of hydrogen-bond donors (Lipinski definition) is 1. The summed E-state index contributed by atoms with van der Waals surface area (Å²) < 4.78 is 7.08. The largest absolute Gasteiger partial charge is 0.493 e. The van der Waals surface area contributed by atoms with E-state index in [1.165, 1.54) is 0 Å².